The van der Waals surface area contributed by atoms with Crippen LogP contribution in [0.4, 0.5) is 0 Å². The number of benzene rings is 2. The Morgan fingerprint density at radius 3 is 2.75 bits per heavy atom. The van der Waals surface area contributed by atoms with E-state index in [9.17, 15) is 13.5 Å². The predicted octanol–water partition coefficient (Wildman–Crippen LogP) is 3.43. The molecule has 0 radical (unpaired) electrons. The van der Waals surface area contributed by atoms with Gasteiger partial charge in [-0.15, -0.1) is 0 Å². The molecule has 128 valence electrons. The second kappa shape index (κ2) is 7.14. The summed E-state index contributed by atoms with van der Waals surface area (Å²) in [4.78, 5) is 0.0998. The van der Waals surface area contributed by atoms with Gasteiger partial charge in [0.15, 0.2) is 0 Å². The zero-order valence-corrected chi connectivity index (χ0v) is 16.0. The number of fused-ring (bicyclic) bond motifs is 1. The molecule has 0 saturated carbocycles. The van der Waals surface area contributed by atoms with E-state index in [1.807, 2.05) is 12.1 Å². The molecular formula is C17H17BrClNO3S. The van der Waals surface area contributed by atoms with Gasteiger partial charge in [-0.05, 0) is 60.2 Å². The molecule has 2 aromatic carbocycles. The van der Waals surface area contributed by atoms with E-state index >= 15 is 0 Å². The summed E-state index contributed by atoms with van der Waals surface area (Å²) in [6.07, 6.45) is 2.00. The van der Waals surface area contributed by atoms with Crippen LogP contribution in [-0.2, 0) is 29.5 Å². The number of hydrogen-bond acceptors (Lipinski definition) is 3. The molecule has 3 rings (SSSR count). The van der Waals surface area contributed by atoms with Crippen molar-refractivity contribution in [2.75, 3.05) is 0 Å². The molecular weight excluding hydrogens is 414 g/mol. The van der Waals surface area contributed by atoms with Gasteiger partial charge in [-0.25, -0.2) is 13.1 Å². The maximum Gasteiger partial charge on any atom is 0.242 e. The largest absolute Gasteiger partial charge is 0.392 e. The van der Waals surface area contributed by atoms with Crippen LogP contribution in [-0.4, -0.2) is 19.6 Å². The molecule has 0 spiro atoms. The van der Waals surface area contributed by atoms with E-state index in [1.165, 1.54) is 6.07 Å². The lowest BCUT2D eigenvalue weighted by Gasteiger charge is -2.27. The van der Waals surface area contributed by atoms with Crippen LogP contribution in [0.1, 0.15) is 23.1 Å². The SMILES string of the molecule is O=S(=O)(NC1CCc2c(CO)cc(Br)cc2C1)c1ccccc1Cl. The van der Waals surface area contributed by atoms with Gasteiger partial charge in [0.25, 0.3) is 0 Å². The molecule has 0 saturated heterocycles. The topological polar surface area (TPSA) is 66.4 Å². The van der Waals surface area contributed by atoms with Crippen molar-refractivity contribution in [2.45, 2.75) is 36.8 Å². The number of aliphatic hydroxyl groups excluding tert-OH is 1. The second-order valence-electron chi connectivity index (χ2n) is 5.85. The Labute approximate surface area is 155 Å². The summed E-state index contributed by atoms with van der Waals surface area (Å²) in [5, 5.41) is 9.72. The Bertz CT molecular complexity index is 870. The van der Waals surface area contributed by atoms with Gasteiger partial charge in [-0.1, -0.05) is 39.7 Å². The van der Waals surface area contributed by atoms with E-state index in [4.69, 9.17) is 11.6 Å². The molecule has 0 aromatic heterocycles. The highest BCUT2D eigenvalue weighted by Gasteiger charge is 2.26. The first-order chi connectivity index (χ1) is 11.4. The lowest BCUT2D eigenvalue weighted by atomic mass is 9.86. The lowest BCUT2D eigenvalue weighted by Crippen LogP contribution is -2.39. The highest BCUT2D eigenvalue weighted by molar-refractivity contribution is 9.10. The minimum absolute atomic E-state index is 0.0161. The van der Waals surface area contributed by atoms with Crippen LogP contribution in [0, 0.1) is 0 Å². The van der Waals surface area contributed by atoms with Gasteiger partial charge in [0, 0.05) is 10.5 Å². The van der Waals surface area contributed by atoms with Crippen molar-refractivity contribution < 1.29 is 13.5 Å². The number of hydrogen-bond donors (Lipinski definition) is 2. The third kappa shape index (κ3) is 3.68. The first-order valence-electron chi connectivity index (χ1n) is 7.58. The Morgan fingerprint density at radius 2 is 2.04 bits per heavy atom. The van der Waals surface area contributed by atoms with E-state index in [0.29, 0.717) is 12.8 Å². The van der Waals surface area contributed by atoms with Crippen LogP contribution in [0.2, 0.25) is 5.02 Å². The fourth-order valence-electron chi connectivity index (χ4n) is 3.13. The molecule has 2 aromatic rings. The first kappa shape index (κ1) is 17.9. The number of sulfonamides is 1. The maximum absolute atomic E-state index is 12.6. The Hall–Kier alpha value is -0.920. The van der Waals surface area contributed by atoms with Gasteiger partial charge >= 0.3 is 0 Å². The van der Waals surface area contributed by atoms with Crippen LogP contribution >= 0.6 is 27.5 Å². The predicted molar refractivity (Wildman–Crippen MR) is 97.7 cm³/mol. The minimum Gasteiger partial charge on any atom is -0.392 e. The third-order valence-corrected chi connectivity index (χ3v) is 6.71. The van der Waals surface area contributed by atoms with Gasteiger partial charge in [0.1, 0.15) is 4.90 Å². The van der Waals surface area contributed by atoms with Crippen molar-refractivity contribution >= 4 is 37.6 Å². The molecule has 0 amide bonds. The van der Waals surface area contributed by atoms with Gasteiger partial charge < -0.3 is 5.11 Å². The molecule has 24 heavy (non-hydrogen) atoms. The van der Waals surface area contributed by atoms with Gasteiger partial charge in [0.05, 0.1) is 11.6 Å². The highest BCUT2D eigenvalue weighted by atomic mass is 79.9. The summed E-state index contributed by atoms with van der Waals surface area (Å²) in [6.45, 7) is -0.0161. The van der Waals surface area contributed by atoms with Crippen molar-refractivity contribution in [3.63, 3.8) is 0 Å². The molecule has 4 nitrogen and oxygen atoms in total. The molecule has 0 aliphatic heterocycles. The van der Waals surface area contributed by atoms with Crippen LogP contribution in [0.15, 0.2) is 45.8 Å². The Balaban J connectivity index is 1.84. The molecule has 1 atom stereocenters. The summed E-state index contributed by atoms with van der Waals surface area (Å²) in [6, 6.07) is 10.1. The average Bonchev–Trinajstić information content (AvgIpc) is 2.53. The normalized spacial score (nSPS) is 17.5. The van der Waals surface area contributed by atoms with E-state index in [1.54, 1.807) is 18.2 Å². The number of halogens is 2. The molecule has 7 heteroatoms. The van der Waals surface area contributed by atoms with Crippen molar-refractivity contribution in [1.82, 2.24) is 4.72 Å². The van der Waals surface area contributed by atoms with Crippen molar-refractivity contribution in [1.29, 1.82) is 0 Å². The van der Waals surface area contributed by atoms with Crippen LogP contribution < -0.4 is 4.72 Å². The zero-order chi connectivity index (χ0) is 17.3. The summed E-state index contributed by atoms with van der Waals surface area (Å²) < 4.78 is 28.8. The second-order valence-corrected chi connectivity index (χ2v) is 8.86. The van der Waals surface area contributed by atoms with Crippen molar-refractivity contribution in [2.24, 2.45) is 0 Å². The third-order valence-electron chi connectivity index (χ3n) is 4.23. The minimum atomic E-state index is -3.66. The van der Waals surface area contributed by atoms with E-state index in [2.05, 4.69) is 20.7 Å². The molecule has 2 N–H and O–H groups in total. The van der Waals surface area contributed by atoms with Crippen LogP contribution in [0.3, 0.4) is 0 Å². The number of rotatable bonds is 4. The fourth-order valence-corrected chi connectivity index (χ4v) is 5.47. The van der Waals surface area contributed by atoms with E-state index in [-0.39, 0.29) is 22.6 Å². The monoisotopic (exact) mass is 429 g/mol. The molecule has 0 bridgehead atoms. The summed E-state index contributed by atoms with van der Waals surface area (Å²) in [5.74, 6) is 0. The van der Waals surface area contributed by atoms with Crippen LogP contribution in [0.5, 0.6) is 0 Å². The Morgan fingerprint density at radius 1 is 1.29 bits per heavy atom. The smallest absolute Gasteiger partial charge is 0.242 e. The fraction of sp³-hybridized carbons (Fsp3) is 0.294. The highest BCUT2D eigenvalue weighted by Crippen LogP contribution is 2.30. The van der Waals surface area contributed by atoms with Gasteiger partial charge in [0.2, 0.25) is 10.0 Å². The summed E-state index contributed by atoms with van der Waals surface area (Å²) in [7, 11) is -3.66. The molecule has 1 aliphatic carbocycles. The first-order valence-corrected chi connectivity index (χ1v) is 10.2. The quantitative estimate of drug-likeness (QED) is 0.781. The summed E-state index contributed by atoms with van der Waals surface area (Å²) in [5.41, 5.74) is 3.08. The Kier molecular flexibility index (Phi) is 5.32. The van der Waals surface area contributed by atoms with Gasteiger partial charge in [-0.3, -0.25) is 0 Å². The number of aliphatic hydroxyl groups is 1. The molecule has 1 unspecified atom stereocenters. The van der Waals surface area contributed by atoms with Crippen LogP contribution in [0.25, 0.3) is 0 Å². The molecule has 1 aliphatic rings. The summed E-state index contributed by atoms with van der Waals surface area (Å²) >= 11 is 9.46. The molecule has 0 fully saturated rings. The van der Waals surface area contributed by atoms with Crippen molar-refractivity contribution in [3.8, 4) is 0 Å². The average molecular weight is 431 g/mol. The van der Waals surface area contributed by atoms with E-state index in [0.717, 1.165) is 27.6 Å². The molecule has 0 heterocycles. The number of nitrogens with one attached hydrogen (secondary N) is 1. The maximum atomic E-state index is 12.6. The zero-order valence-electron chi connectivity index (χ0n) is 12.8. The standard InChI is InChI=1S/C17H17BrClNO3S/c18-13-7-11-9-14(5-6-15(11)12(8-13)10-21)20-24(22,23)17-4-2-1-3-16(17)19/h1-4,7-8,14,20-21H,5-6,9-10H2. The van der Waals surface area contributed by atoms with Crippen molar-refractivity contribution in [3.05, 3.63) is 62.6 Å². The lowest BCUT2D eigenvalue weighted by molar-refractivity contribution is 0.279. The van der Waals surface area contributed by atoms with E-state index < -0.39 is 10.0 Å². The van der Waals surface area contributed by atoms with Gasteiger partial charge in [-0.2, -0.15) is 0 Å².